The number of aromatic hydroxyl groups is 1. The molecule has 0 saturated carbocycles. The van der Waals surface area contributed by atoms with Gasteiger partial charge in [-0.3, -0.25) is 0 Å². The molecule has 0 aromatic heterocycles. The minimum absolute atomic E-state index is 0.233. The second-order valence-corrected chi connectivity index (χ2v) is 4.28. The summed E-state index contributed by atoms with van der Waals surface area (Å²) in [6.45, 7) is 5.46. The zero-order valence-electron chi connectivity index (χ0n) is 8.06. The number of aryl methyl sites for hydroxylation is 1. The van der Waals surface area contributed by atoms with Crippen LogP contribution >= 0.6 is 11.6 Å². The monoisotopic (exact) mass is 199 g/mol. The largest absolute Gasteiger partial charge is 0.507 e. The highest BCUT2D eigenvalue weighted by Crippen LogP contribution is 2.32. The van der Waals surface area contributed by atoms with Crippen molar-refractivity contribution >= 4 is 11.6 Å². The molecule has 0 atom stereocenters. The van der Waals surface area contributed by atoms with Gasteiger partial charge in [0.15, 0.2) is 0 Å². The van der Waals surface area contributed by atoms with E-state index in [0.29, 0.717) is 10.6 Å². The van der Waals surface area contributed by atoms with E-state index in [4.69, 9.17) is 17.3 Å². The summed E-state index contributed by atoms with van der Waals surface area (Å²) in [6, 6.07) is 3.41. The van der Waals surface area contributed by atoms with Gasteiger partial charge in [-0.05, 0) is 38.5 Å². The van der Waals surface area contributed by atoms with Crippen molar-refractivity contribution in [3.05, 3.63) is 28.3 Å². The van der Waals surface area contributed by atoms with Crippen LogP contribution in [0.25, 0.3) is 0 Å². The lowest BCUT2D eigenvalue weighted by atomic mass is 9.93. The second kappa shape index (κ2) is 3.20. The summed E-state index contributed by atoms with van der Waals surface area (Å²) < 4.78 is 0. The molecule has 0 heterocycles. The summed E-state index contributed by atoms with van der Waals surface area (Å²) in [6.07, 6.45) is 0. The fraction of sp³-hybridized carbons (Fsp3) is 0.400. The molecular weight excluding hydrogens is 186 g/mol. The molecule has 0 spiro atoms. The van der Waals surface area contributed by atoms with Gasteiger partial charge in [0.1, 0.15) is 5.75 Å². The van der Waals surface area contributed by atoms with Crippen molar-refractivity contribution in [3.63, 3.8) is 0 Å². The van der Waals surface area contributed by atoms with Crippen LogP contribution < -0.4 is 5.73 Å². The van der Waals surface area contributed by atoms with Gasteiger partial charge in [-0.2, -0.15) is 0 Å². The molecule has 0 fully saturated rings. The van der Waals surface area contributed by atoms with Crippen LogP contribution in [-0.4, -0.2) is 5.11 Å². The fourth-order valence-corrected chi connectivity index (χ4v) is 1.50. The maximum Gasteiger partial charge on any atom is 0.123 e. The summed E-state index contributed by atoms with van der Waals surface area (Å²) in [7, 11) is 0. The van der Waals surface area contributed by atoms with Crippen LogP contribution in [0.4, 0.5) is 0 Å². The van der Waals surface area contributed by atoms with Crippen molar-refractivity contribution < 1.29 is 5.11 Å². The maximum absolute atomic E-state index is 9.72. The van der Waals surface area contributed by atoms with Gasteiger partial charge in [-0.1, -0.05) is 11.6 Å². The highest BCUT2D eigenvalue weighted by atomic mass is 35.5. The Labute approximate surface area is 83.3 Å². The second-order valence-electron chi connectivity index (χ2n) is 3.84. The number of halogens is 1. The van der Waals surface area contributed by atoms with Crippen LogP contribution in [0.15, 0.2) is 12.1 Å². The topological polar surface area (TPSA) is 46.2 Å². The first-order chi connectivity index (χ1) is 5.82. The zero-order valence-corrected chi connectivity index (χ0v) is 8.81. The van der Waals surface area contributed by atoms with Crippen LogP contribution in [-0.2, 0) is 5.54 Å². The average Bonchev–Trinajstić information content (AvgIpc) is 1.94. The summed E-state index contributed by atoms with van der Waals surface area (Å²) in [4.78, 5) is 0. The standard InChI is InChI=1S/C10H14ClNO/c1-6-4-7(11)5-8(9(6)13)10(2,3)12/h4-5,13H,12H2,1-3H3. The molecule has 1 aromatic carbocycles. The van der Waals surface area contributed by atoms with Crippen molar-refractivity contribution in [3.8, 4) is 5.75 Å². The van der Waals surface area contributed by atoms with E-state index in [-0.39, 0.29) is 5.75 Å². The number of phenolic OH excluding ortho intramolecular Hbond substituents is 1. The Morgan fingerprint density at radius 1 is 1.38 bits per heavy atom. The molecule has 3 heteroatoms. The molecule has 0 bridgehead atoms. The molecule has 72 valence electrons. The van der Waals surface area contributed by atoms with E-state index in [1.54, 1.807) is 19.1 Å². The van der Waals surface area contributed by atoms with E-state index in [0.717, 1.165) is 5.56 Å². The van der Waals surface area contributed by atoms with E-state index in [2.05, 4.69) is 0 Å². The molecule has 0 aliphatic heterocycles. The Balaban J connectivity index is 3.37. The van der Waals surface area contributed by atoms with Crippen LogP contribution in [0, 0.1) is 6.92 Å². The lowest BCUT2D eigenvalue weighted by molar-refractivity contribution is 0.437. The predicted octanol–water partition coefficient (Wildman–Crippen LogP) is 2.55. The van der Waals surface area contributed by atoms with E-state index in [1.807, 2.05) is 13.8 Å². The van der Waals surface area contributed by atoms with Gasteiger partial charge in [0.05, 0.1) is 0 Å². The number of hydrogen-bond donors (Lipinski definition) is 2. The Hall–Kier alpha value is -0.730. The molecule has 1 aromatic rings. The Morgan fingerprint density at radius 3 is 2.38 bits per heavy atom. The number of hydrogen-bond acceptors (Lipinski definition) is 2. The van der Waals surface area contributed by atoms with Crippen LogP contribution in [0.1, 0.15) is 25.0 Å². The van der Waals surface area contributed by atoms with Crippen molar-refractivity contribution in [2.75, 3.05) is 0 Å². The van der Waals surface area contributed by atoms with Gasteiger partial charge >= 0.3 is 0 Å². The van der Waals surface area contributed by atoms with Crippen LogP contribution in [0.3, 0.4) is 0 Å². The molecule has 1 rings (SSSR count). The molecule has 0 amide bonds. The lowest BCUT2D eigenvalue weighted by Gasteiger charge is -2.21. The summed E-state index contributed by atoms with van der Waals surface area (Å²) >= 11 is 5.86. The smallest absolute Gasteiger partial charge is 0.123 e. The number of benzene rings is 1. The van der Waals surface area contributed by atoms with Crippen molar-refractivity contribution in [2.24, 2.45) is 5.73 Å². The van der Waals surface area contributed by atoms with E-state index >= 15 is 0 Å². The van der Waals surface area contributed by atoms with Gasteiger partial charge in [0.2, 0.25) is 0 Å². The van der Waals surface area contributed by atoms with Crippen LogP contribution in [0.2, 0.25) is 5.02 Å². The van der Waals surface area contributed by atoms with Gasteiger partial charge < -0.3 is 10.8 Å². The third-order valence-corrected chi connectivity index (χ3v) is 2.18. The van der Waals surface area contributed by atoms with Crippen molar-refractivity contribution in [1.29, 1.82) is 0 Å². The zero-order chi connectivity index (χ0) is 10.2. The first kappa shape index (κ1) is 10.4. The normalized spacial score (nSPS) is 11.8. The van der Waals surface area contributed by atoms with Crippen molar-refractivity contribution in [2.45, 2.75) is 26.3 Å². The Bertz CT molecular complexity index is 328. The summed E-state index contributed by atoms with van der Waals surface area (Å²) in [5, 5.41) is 10.3. The molecule has 0 radical (unpaired) electrons. The number of nitrogens with two attached hydrogens (primary N) is 1. The summed E-state index contributed by atoms with van der Waals surface area (Å²) in [5.41, 5.74) is 6.74. The quantitative estimate of drug-likeness (QED) is 0.730. The van der Waals surface area contributed by atoms with Gasteiger partial charge in [-0.25, -0.2) is 0 Å². The molecule has 0 unspecified atom stereocenters. The van der Waals surface area contributed by atoms with E-state index in [1.165, 1.54) is 0 Å². The van der Waals surface area contributed by atoms with Crippen LogP contribution in [0.5, 0.6) is 5.75 Å². The molecule has 0 aliphatic carbocycles. The van der Waals surface area contributed by atoms with Gasteiger partial charge in [0, 0.05) is 16.1 Å². The van der Waals surface area contributed by atoms with Crippen molar-refractivity contribution in [1.82, 2.24) is 0 Å². The minimum Gasteiger partial charge on any atom is -0.507 e. The number of phenols is 1. The molecular formula is C10H14ClNO. The molecule has 3 N–H and O–H groups in total. The summed E-state index contributed by atoms with van der Waals surface area (Å²) in [5.74, 6) is 0.233. The third kappa shape index (κ3) is 2.14. The van der Waals surface area contributed by atoms with E-state index in [9.17, 15) is 5.11 Å². The van der Waals surface area contributed by atoms with Gasteiger partial charge in [0.25, 0.3) is 0 Å². The first-order valence-electron chi connectivity index (χ1n) is 4.11. The molecule has 2 nitrogen and oxygen atoms in total. The maximum atomic E-state index is 9.72. The number of rotatable bonds is 1. The molecule has 0 aliphatic rings. The molecule has 13 heavy (non-hydrogen) atoms. The highest BCUT2D eigenvalue weighted by molar-refractivity contribution is 6.30. The first-order valence-corrected chi connectivity index (χ1v) is 4.48. The Kier molecular flexibility index (Phi) is 2.55. The van der Waals surface area contributed by atoms with E-state index < -0.39 is 5.54 Å². The SMILES string of the molecule is Cc1cc(Cl)cc(C(C)(C)N)c1O. The molecule has 0 saturated heterocycles. The highest BCUT2D eigenvalue weighted by Gasteiger charge is 2.20. The average molecular weight is 200 g/mol. The minimum atomic E-state index is -0.570. The van der Waals surface area contributed by atoms with Gasteiger partial charge in [-0.15, -0.1) is 0 Å². The lowest BCUT2D eigenvalue weighted by Crippen LogP contribution is -2.28. The fourth-order valence-electron chi connectivity index (χ4n) is 1.23. The third-order valence-electron chi connectivity index (χ3n) is 1.96. The Morgan fingerprint density at radius 2 is 1.92 bits per heavy atom. The predicted molar refractivity (Wildman–Crippen MR) is 55.1 cm³/mol.